The number of rotatable bonds is 4. The summed E-state index contributed by atoms with van der Waals surface area (Å²) in [6, 6.07) is 13.8. The fourth-order valence-electron chi connectivity index (χ4n) is 3.97. The molecule has 29 heavy (non-hydrogen) atoms. The highest BCUT2D eigenvalue weighted by Gasteiger charge is 2.33. The quantitative estimate of drug-likeness (QED) is 0.740. The predicted octanol–water partition coefficient (Wildman–Crippen LogP) is 3.34. The summed E-state index contributed by atoms with van der Waals surface area (Å²) in [7, 11) is -3.65. The minimum absolute atomic E-state index is 0.101. The maximum absolute atomic E-state index is 13.3. The molecule has 2 heterocycles. The van der Waals surface area contributed by atoms with Crippen LogP contribution in [0, 0.1) is 0 Å². The summed E-state index contributed by atoms with van der Waals surface area (Å²) in [5, 5.41) is 0.640. The van der Waals surface area contributed by atoms with Gasteiger partial charge >= 0.3 is 0 Å². The Morgan fingerprint density at radius 3 is 2.55 bits per heavy atom. The molecule has 0 N–H and O–H groups in total. The van der Waals surface area contributed by atoms with Gasteiger partial charge in [-0.1, -0.05) is 35.9 Å². The average molecular weight is 435 g/mol. The lowest BCUT2D eigenvalue weighted by atomic mass is 10.0. The number of hydrogen-bond acceptors (Lipinski definition) is 4. The highest BCUT2D eigenvalue weighted by Crippen LogP contribution is 2.36. The molecule has 0 aromatic heterocycles. The van der Waals surface area contributed by atoms with E-state index in [9.17, 15) is 13.2 Å². The molecule has 0 spiro atoms. The Morgan fingerprint density at radius 1 is 1.03 bits per heavy atom. The van der Waals surface area contributed by atoms with Gasteiger partial charge < -0.3 is 9.64 Å². The number of halogens is 1. The van der Waals surface area contributed by atoms with Crippen LogP contribution >= 0.6 is 11.6 Å². The molecule has 0 aliphatic carbocycles. The van der Waals surface area contributed by atoms with E-state index in [2.05, 4.69) is 0 Å². The fraction of sp³-hybridized carbons (Fsp3) is 0.381. The van der Waals surface area contributed by atoms with Gasteiger partial charge in [-0.15, -0.1) is 0 Å². The summed E-state index contributed by atoms with van der Waals surface area (Å²) in [6.45, 7) is 2.02. The Bertz CT molecular complexity index is 1010. The largest absolute Gasteiger partial charge is 0.379 e. The molecule has 1 atom stereocenters. The van der Waals surface area contributed by atoms with E-state index in [1.165, 1.54) is 16.4 Å². The second kappa shape index (κ2) is 8.44. The summed E-state index contributed by atoms with van der Waals surface area (Å²) in [5.41, 5.74) is 1.30. The molecule has 2 aromatic carbocycles. The van der Waals surface area contributed by atoms with E-state index in [-0.39, 0.29) is 16.8 Å². The highest BCUT2D eigenvalue weighted by molar-refractivity contribution is 7.89. The normalized spacial score (nSPS) is 20.7. The summed E-state index contributed by atoms with van der Waals surface area (Å²) in [6.07, 6.45) is 1.72. The molecule has 1 unspecified atom stereocenters. The molecule has 154 valence electrons. The van der Waals surface area contributed by atoms with Gasteiger partial charge in [-0.3, -0.25) is 4.79 Å². The minimum atomic E-state index is -3.65. The van der Waals surface area contributed by atoms with Crippen LogP contribution in [0.15, 0.2) is 53.4 Å². The number of carbonyl (C=O) groups excluding carboxylic acids is 1. The molecule has 0 radical (unpaired) electrons. The van der Waals surface area contributed by atoms with Crippen molar-refractivity contribution in [1.82, 2.24) is 9.21 Å². The third-order valence-corrected chi connectivity index (χ3v) is 7.71. The highest BCUT2D eigenvalue weighted by atomic mass is 35.5. The second-order valence-electron chi connectivity index (χ2n) is 7.22. The van der Waals surface area contributed by atoms with Crippen molar-refractivity contribution in [2.45, 2.75) is 23.8 Å². The average Bonchev–Trinajstić information content (AvgIpc) is 3.24. The number of amides is 1. The standard InChI is InChI=1S/C21H23ClN2O4S/c22-19-8-2-1-7-18(19)20-9-4-10-24(20)21(25)16-5-3-6-17(15-16)29(26,27)23-11-13-28-14-12-23/h1-3,5-8,15,20H,4,9-14H2. The zero-order valence-electron chi connectivity index (χ0n) is 16.0. The van der Waals surface area contributed by atoms with Crippen molar-refractivity contribution in [2.24, 2.45) is 0 Å². The Balaban J connectivity index is 1.61. The molecule has 2 fully saturated rings. The Morgan fingerprint density at radius 2 is 1.79 bits per heavy atom. The number of likely N-dealkylation sites (tertiary alicyclic amines) is 1. The summed E-state index contributed by atoms with van der Waals surface area (Å²) >= 11 is 6.36. The lowest BCUT2D eigenvalue weighted by Crippen LogP contribution is -2.40. The molecule has 0 bridgehead atoms. The Labute approximate surface area is 176 Å². The van der Waals surface area contributed by atoms with Gasteiger partial charge in [-0.25, -0.2) is 8.42 Å². The molecule has 0 saturated carbocycles. The van der Waals surface area contributed by atoms with Crippen molar-refractivity contribution in [3.05, 3.63) is 64.7 Å². The molecule has 1 amide bonds. The SMILES string of the molecule is O=C(c1cccc(S(=O)(=O)N2CCOCC2)c1)N1CCCC1c1ccccc1Cl. The molecule has 4 rings (SSSR count). The van der Waals surface area contributed by atoms with Crippen LogP contribution in [0.4, 0.5) is 0 Å². The first kappa shape index (κ1) is 20.3. The van der Waals surface area contributed by atoms with Gasteiger partial charge in [0, 0.05) is 30.2 Å². The van der Waals surface area contributed by atoms with Crippen LogP contribution in [0.1, 0.15) is 34.8 Å². The zero-order valence-corrected chi connectivity index (χ0v) is 17.5. The van der Waals surface area contributed by atoms with Gasteiger partial charge in [-0.2, -0.15) is 4.31 Å². The molecule has 2 aliphatic heterocycles. The lowest BCUT2D eigenvalue weighted by Gasteiger charge is -2.27. The third kappa shape index (κ3) is 4.05. The van der Waals surface area contributed by atoms with Crippen LogP contribution in [0.5, 0.6) is 0 Å². The molecular weight excluding hydrogens is 412 g/mol. The Hall–Kier alpha value is -1.93. The monoisotopic (exact) mass is 434 g/mol. The van der Waals surface area contributed by atoms with Crippen molar-refractivity contribution in [1.29, 1.82) is 0 Å². The summed E-state index contributed by atoms with van der Waals surface area (Å²) < 4.78 is 32.5. The smallest absolute Gasteiger partial charge is 0.254 e. The fourth-order valence-corrected chi connectivity index (χ4v) is 5.69. The van der Waals surface area contributed by atoms with E-state index in [1.54, 1.807) is 17.0 Å². The Kier molecular flexibility index (Phi) is 5.92. The maximum Gasteiger partial charge on any atom is 0.254 e. The van der Waals surface area contributed by atoms with E-state index in [0.717, 1.165) is 18.4 Å². The number of morpholine rings is 1. The number of nitrogens with zero attached hydrogens (tertiary/aromatic N) is 2. The lowest BCUT2D eigenvalue weighted by molar-refractivity contribution is 0.0727. The van der Waals surface area contributed by atoms with E-state index >= 15 is 0 Å². The molecule has 2 aromatic rings. The van der Waals surface area contributed by atoms with Crippen LogP contribution in [-0.2, 0) is 14.8 Å². The summed E-state index contributed by atoms with van der Waals surface area (Å²) in [5.74, 6) is -0.175. The van der Waals surface area contributed by atoms with Crippen LogP contribution in [0.2, 0.25) is 5.02 Å². The topological polar surface area (TPSA) is 66.9 Å². The first-order valence-electron chi connectivity index (χ1n) is 9.72. The van der Waals surface area contributed by atoms with Crippen LogP contribution in [0.25, 0.3) is 0 Å². The molecule has 6 nitrogen and oxygen atoms in total. The van der Waals surface area contributed by atoms with Gasteiger partial charge in [0.1, 0.15) is 0 Å². The first-order valence-corrected chi connectivity index (χ1v) is 11.5. The predicted molar refractivity (Wildman–Crippen MR) is 110 cm³/mol. The van der Waals surface area contributed by atoms with Crippen molar-refractivity contribution >= 4 is 27.5 Å². The molecule has 2 aliphatic rings. The number of hydrogen-bond donors (Lipinski definition) is 0. The number of sulfonamides is 1. The van der Waals surface area contributed by atoms with E-state index in [4.69, 9.17) is 16.3 Å². The van der Waals surface area contributed by atoms with Crippen molar-refractivity contribution in [3.63, 3.8) is 0 Å². The van der Waals surface area contributed by atoms with Gasteiger partial charge in [0.25, 0.3) is 5.91 Å². The molecule has 2 saturated heterocycles. The van der Waals surface area contributed by atoms with Gasteiger partial charge in [0.15, 0.2) is 0 Å². The van der Waals surface area contributed by atoms with Crippen LogP contribution < -0.4 is 0 Å². The van der Waals surface area contributed by atoms with Crippen LogP contribution in [0.3, 0.4) is 0 Å². The minimum Gasteiger partial charge on any atom is -0.379 e. The second-order valence-corrected chi connectivity index (χ2v) is 9.57. The van der Waals surface area contributed by atoms with Gasteiger partial charge in [-0.05, 0) is 42.7 Å². The van der Waals surface area contributed by atoms with E-state index < -0.39 is 10.0 Å². The third-order valence-electron chi connectivity index (χ3n) is 5.47. The number of benzene rings is 2. The van der Waals surface area contributed by atoms with Crippen molar-refractivity contribution in [2.75, 3.05) is 32.8 Å². The van der Waals surface area contributed by atoms with Crippen molar-refractivity contribution in [3.8, 4) is 0 Å². The van der Waals surface area contributed by atoms with Gasteiger partial charge in [0.2, 0.25) is 10.0 Å². The summed E-state index contributed by atoms with van der Waals surface area (Å²) in [4.78, 5) is 15.2. The molecular formula is C21H23ClN2O4S. The van der Waals surface area contributed by atoms with Gasteiger partial charge in [0.05, 0.1) is 24.2 Å². The number of carbonyl (C=O) groups is 1. The zero-order chi connectivity index (χ0) is 20.4. The number of ether oxygens (including phenoxy) is 1. The van der Waals surface area contributed by atoms with Crippen LogP contribution in [-0.4, -0.2) is 56.4 Å². The maximum atomic E-state index is 13.3. The molecule has 8 heteroatoms. The van der Waals surface area contributed by atoms with E-state index in [0.29, 0.717) is 43.4 Å². The van der Waals surface area contributed by atoms with Crippen molar-refractivity contribution < 1.29 is 17.9 Å². The first-order chi connectivity index (χ1) is 14.0. The van der Waals surface area contributed by atoms with E-state index in [1.807, 2.05) is 24.3 Å².